The van der Waals surface area contributed by atoms with Gasteiger partial charge in [-0.15, -0.1) is 0 Å². The standard InChI is InChI=1S/C21H29N5O2S/c1-22-21(24-18-13-14-26(16-18)19-7-5-4-6-8-19)23-15-17-9-11-20(12-10-17)29(27,28)25(2)3/h4-12,18H,13-16H2,1-3H3,(H2,22,23,24). The van der Waals surface area contributed by atoms with Crippen LogP contribution in [0.3, 0.4) is 0 Å². The molecule has 2 aromatic rings. The van der Waals surface area contributed by atoms with Gasteiger partial charge in [-0.2, -0.15) is 0 Å². The topological polar surface area (TPSA) is 77.0 Å². The number of nitrogens with zero attached hydrogens (tertiary/aromatic N) is 3. The average molecular weight is 416 g/mol. The van der Waals surface area contributed by atoms with Gasteiger partial charge in [0.15, 0.2) is 5.96 Å². The molecule has 1 saturated heterocycles. The number of benzene rings is 2. The monoisotopic (exact) mass is 415 g/mol. The van der Waals surface area contributed by atoms with Crippen LogP contribution in [0, 0.1) is 0 Å². The van der Waals surface area contributed by atoms with Crippen molar-refractivity contribution in [2.45, 2.75) is 23.9 Å². The Morgan fingerprint density at radius 3 is 2.45 bits per heavy atom. The summed E-state index contributed by atoms with van der Waals surface area (Å²) in [6.07, 6.45) is 1.05. The van der Waals surface area contributed by atoms with Gasteiger partial charge in [0.05, 0.1) is 4.90 Å². The molecule has 29 heavy (non-hydrogen) atoms. The first-order valence-electron chi connectivity index (χ1n) is 9.69. The third-order valence-corrected chi connectivity index (χ3v) is 6.87. The highest BCUT2D eigenvalue weighted by atomic mass is 32.2. The molecule has 8 heteroatoms. The van der Waals surface area contributed by atoms with Gasteiger partial charge in [0.1, 0.15) is 0 Å². The Morgan fingerprint density at radius 2 is 1.83 bits per heavy atom. The van der Waals surface area contributed by atoms with Gasteiger partial charge in [-0.25, -0.2) is 12.7 Å². The molecule has 2 aromatic carbocycles. The van der Waals surface area contributed by atoms with Crippen LogP contribution in [0.5, 0.6) is 0 Å². The molecule has 1 aliphatic rings. The Bertz CT molecular complexity index is 927. The summed E-state index contributed by atoms with van der Waals surface area (Å²) in [4.78, 5) is 6.98. The predicted octanol–water partition coefficient (Wildman–Crippen LogP) is 1.88. The first-order valence-corrected chi connectivity index (χ1v) is 11.1. The van der Waals surface area contributed by atoms with Gasteiger partial charge < -0.3 is 15.5 Å². The van der Waals surface area contributed by atoms with Crippen LogP contribution in [0.15, 0.2) is 64.5 Å². The third-order valence-electron chi connectivity index (χ3n) is 5.04. The third kappa shape index (κ3) is 5.27. The largest absolute Gasteiger partial charge is 0.369 e. The molecule has 1 atom stereocenters. The molecule has 2 N–H and O–H groups in total. The zero-order chi connectivity index (χ0) is 20.9. The Labute approximate surface area is 173 Å². The molecule has 0 saturated carbocycles. The van der Waals surface area contributed by atoms with Crippen molar-refractivity contribution < 1.29 is 8.42 Å². The van der Waals surface area contributed by atoms with E-state index in [-0.39, 0.29) is 0 Å². The summed E-state index contributed by atoms with van der Waals surface area (Å²) in [5.74, 6) is 0.745. The van der Waals surface area contributed by atoms with E-state index in [1.807, 2.05) is 18.2 Å². The molecule has 1 fully saturated rings. The second-order valence-corrected chi connectivity index (χ2v) is 9.42. The van der Waals surface area contributed by atoms with E-state index < -0.39 is 10.0 Å². The van der Waals surface area contributed by atoms with Gasteiger partial charge in [-0.3, -0.25) is 4.99 Å². The summed E-state index contributed by atoms with van der Waals surface area (Å²) in [6, 6.07) is 17.7. The van der Waals surface area contributed by atoms with Gasteiger partial charge in [0.2, 0.25) is 10.0 Å². The maximum absolute atomic E-state index is 12.2. The zero-order valence-electron chi connectivity index (χ0n) is 17.2. The number of sulfonamides is 1. The van der Waals surface area contributed by atoms with Crippen LogP contribution in [-0.4, -0.2) is 59.0 Å². The number of hydrogen-bond donors (Lipinski definition) is 2. The van der Waals surface area contributed by atoms with Crippen molar-refractivity contribution in [1.82, 2.24) is 14.9 Å². The van der Waals surface area contributed by atoms with Crippen LogP contribution in [0.2, 0.25) is 0 Å². The molecule has 1 heterocycles. The Balaban J connectivity index is 1.52. The van der Waals surface area contributed by atoms with Crippen molar-refractivity contribution in [3.8, 4) is 0 Å². The molecular formula is C21H29N5O2S. The average Bonchev–Trinajstić information content (AvgIpc) is 3.20. The quantitative estimate of drug-likeness (QED) is 0.557. The van der Waals surface area contributed by atoms with Gasteiger partial charge in [0.25, 0.3) is 0 Å². The minimum Gasteiger partial charge on any atom is -0.369 e. The van der Waals surface area contributed by atoms with E-state index in [0.29, 0.717) is 17.5 Å². The molecular weight excluding hydrogens is 386 g/mol. The van der Waals surface area contributed by atoms with Crippen molar-refractivity contribution in [3.05, 3.63) is 60.2 Å². The fourth-order valence-electron chi connectivity index (χ4n) is 3.32. The molecule has 7 nitrogen and oxygen atoms in total. The van der Waals surface area contributed by atoms with E-state index in [0.717, 1.165) is 31.0 Å². The smallest absolute Gasteiger partial charge is 0.242 e. The summed E-state index contributed by atoms with van der Waals surface area (Å²) < 4.78 is 25.5. The van der Waals surface area contributed by atoms with E-state index in [1.165, 1.54) is 24.1 Å². The van der Waals surface area contributed by atoms with E-state index >= 15 is 0 Å². The van der Waals surface area contributed by atoms with Crippen LogP contribution < -0.4 is 15.5 Å². The molecule has 1 unspecified atom stereocenters. The van der Waals surface area contributed by atoms with Crippen LogP contribution in [0.1, 0.15) is 12.0 Å². The normalized spacial score (nSPS) is 17.6. The molecule has 156 valence electrons. The number of aliphatic imine (C=N–C) groups is 1. The highest BCUT2D eigenvalue weighted by molar-refractivity contribution is 7.89. The molecule has 0 aromatic heterocycles. The number of nitrogens with one attached hydrogen (secondary N) is 2. The molecule has 0 radical (unpaired) electrons. The molecule has 0 spiro atoms. The van der Waals surface area contributed by atoms with Gasteiger partial charge in [-0.05, 0) is 36.2 Å². The predicted molar refractivity (Wildman–Crippen MR) is 118 cm³/mol. The fourth-order valence-corrected chi connectivity index (χ4v) is 4.22. The second kappa shape index (κ2) is 9.28. The second-order valence-electron chi connectivity index (χ2n) is 7.27. The number of hydrogen-bond acceptors (Lipinski definition) is 4. The van der Waals surface area contributed by atoms with E-state index in [2.05, 4.69) is 44.8 Å². The van der Waals surface area contributed by atoms with Gasteiger partial charge in [-0.1, -0.05) is 30.3 Å². The first-order chi connectivity index (χ1) is 13.9. The van der Waals surface area contributed by atoms with Crippen LogP contribution in [0.25, 0.3) is 0 Å². The minimum absolute atomic E-state index is 0.292. The zero-order valence-corrected chi connectivity index (χ0v) is 18.0. The number of anilines is 1. The summed E-state index contributed by atoms with van der Waals surface area (Å²) in [7, 11) is 1.41. The molecule has 0 amide bonds. The van der Waals surface area contributed by atoms with Crippen molar-refractivity contribution >= 4 is 21.7 Å². The van der Waals surface area contributed by atoms with Crippen molar-refractivity contribution in [2.75, 3.05) is 39.1 Å². The van der Waals surface area contributed by atoms with Gasteiger partial charge in [0, 0.05) is 52.5 Å². The van der Waals surface area contributed by atoms with E-state index in [4.69, 9.17) is 0 Å². The number of guanidine groups is 1. The summed E-state index contributed by atoms with van der Waals surface area (Å²) in [6.45, 7) is 2.51. The lowest BCUT2D eigenvalue weighted by molar-refractivity contribution is 0.520. The van der Waals surface area contributed by atoms with Gasteiger partial charge >= 0.3 is 0 Å². The fraction of sp³-hybridized carbons (Fsp3) is 0.381. The van der Waals surface area contributed by atoms with Crippen molar-refractivity contribution in [1.29, 1.82) is 0 Å². The highest BCUT2D eigenvalue weighted by Crippen LogP contribution is 2.19. The lowest BCUT2D eigenvalue weighted by Crippen LogP contribution is -2.44. The maximum Gasteiger partial charge on any atom is 0.242 e. The summed E-state index contributed by atoms with van der Waals surface area (Å²) in [5.41, 5.74) is 2.23. The van der Waals surface area contributed by atoms with E-state index in [9.17, 15) is 8.42 Å². The number of para-hydroxylation sites is 1. The Hall–Kier alpha value is -2.58. The van der Waals surface area contributed by atoms with Crippen LogP contribution >= 0.6 is 0 Å². The van der Waals surface area contributed by atoms with Crippen LogP contribution in [-0.2, 0) is 16.6 Å². The number of rotatable bonds is 6. The minimum atomic E-state index is -3.40. The lowest BCUT2D eigenvalue weighted by Gasteiger charge is -2.20. The Morgan fingerprint density at radius 1 is 1.14 bits per heavy atom. The van der Waals surface area contributed by atoms with Crippen molar-refractivity contribution in [3.63, 3.8) is 0 Å². The Kier molecular flexibility index (Phi) is 6.76. The molecule has 1 aliphatic heterocycles. The summed E-state index contributed by atoms with van der Waals surface area (Å²) in [5, 5.41) is 6.79. The highest BCUT2D eigenvalue weighted by Gasteiger charge is 2.23. The maximum atomic E-state index is 12.2. The van der Waals surface area contributed by atoms with Crippen molar-refractivity contribution in [2.24, 2.45) is 4.99 Å². The molecule has 0 aliphatic carbocycles. The molecule has 3 rings (SSSR count). The SMILES string of the molecule is CN=C(NCc1ccc(S(=O)(=O)N(C)C)cc1)NC1CCN(c2ccccc2)C1. The first kappa shape index (κ1) is 21.1. The summed E-state index contributed by atoms with van der Waals surface area (Å²) >= 11 is 0. The van der Waals surface area contributed by atoms with Crippen LogP contribution in [0.4, 0.5) is 5.69 Å². The van der Waals surface area contributed by atoms with E-state index in [1.54, 1.807) is 19.2 Å². The lowest BCUT2D eigenvalue weighted by atomic mass is 10.2. The molecule has 0 bridgehead atoms.